The van der Waals surface area contributed by atoms with Gasteiger partial charge in [0.2, 0.25) is 0 Å². The van der Waals surface area contributed by atoms with Crippen molar-refractivity contribution < 1.29 is 13.9 Å². The number of nitriles is 1. The Morgan fingerprint density at radius 2 is 2.17 bits per heavy atom. The summed E-state index contributed by atoms with van der Waals surface area (Å²) in [6, 6.07) is 8.96. The lowest BCUT2D eigenvalue weighted by molar-refractivity contribution is -0.107. The molecule has 0 radical (unpaired) electrons. The molecule has 186 valence electrons. The molecule has 4 rings (SSSR count). The van der Waals surface area contributed by atoms with E-state index in [4.69, 9.17) is 21.7 Å². The molecule has 2 saturated heterocycles. The first kappa shape index (κ1) is 26.2. The number of aldehydes is 1. The van der Waals surface area contributed by atoms with Crippen LogP contribution in [0.2, 0.25) is 0 Å². The zero-order valence-electron chi connectivity index (χ0n) is 20.0. The van der Waals surface area contributed by atoms with E-state index in [1.54, 1.807) is 31.3 Å². The molecule has 0 aliphatic carbocycles. The third-order valence-corrected chi connectivity index (χ3v) is 6.20. The summed E-state index contributed by atoms with van der Waals surface area (Å²) in [6.45, 7) is 6.43. The highest BCUT2D eigenvalue weighted by molar-refractivity contribution is 5.75. The number of morpholine rings is 1. The van der Waals surface area contributed by atoms with Gasteiger partial charge >= 0.3 is 0 Å². The van der Waals surface area contributed by atoms with E-state index in [2.05, 4.69) is 26.9 Å². The second-order valence-corrected chi connectivity index (χ2v) is 8.55. The lowest BCUT2D eigenvalue weighted by Crippen LogP contribution is -2.57. The van der Waals surface area contributed by atoms with Gasteiger partial charge in [-0.2, -0.15) is 10.4 Å². The van der Waals surface area contributed by atoms with Crippen molar-refractivity contribution in [1.29, 1.82) is 5.26 Å². The number of piperazine rings is 1. The van der Waals surface area contributed by atoms with Crippen LogP contribution in [0.3, 0.4) is 0 Å². The number of carbonyl (C=O) groups excluding carboxylic acids is 1. The molecule has 0 spiro atoms. The fraction of sp³-hybridized carbons (Fsp3) is 0.417. The molecule has 1 aromatic heterocycles. The SMILES string of the molecule is Cc1c(C2CN3CCN(C)CC3CO2)ccc(F)c1C#N.N/N=C\N(N)c1cc(CC=O)ccn1. The Kier molecular flexibility index (Phi) is 9.22. The molecule has 11 heteroatoms. The molecule has 2 unspecified atom stereocenters. The molecule has 0 amide bonds. The molecular weight excluding hydrogens is 451 g/mol. The Balaban J connectivity index is 0.000000214. The van der Waals surface area contributed by atoms with Crippen molar-refractivity contribution in [1.82, 2.24) is 14.8 Å². The van der Waals surface area contributed by atoms with Crippen LogP contribution < -0.4 is 16.7 Å². The minimum atomic E-state index is -0.452. The summed E-state index contributed by atoms with van der Waals surface area (Å²) in [5.41, 5.74) is 2.61. The lowest BCUT2D eigenvalue weighted by atomic mass is 9.96. The van der Waals surface area contributed by atoms with E-state index in [0.29, 0.717) is 30.5 Å². The van der Waals surface area contributed by atoms with Crippen molar-refractivity contribution in [3.05, 3.63) is 58.5 Å². The fourth-order valence-corrected chi connectivity index (χ4v) is 4.26. The topological polar surface area (TPSA) is 137 Å². The van der Waals surface area contributed by atoms with Crippen molar-refractivity contribution in [3.63, 3.8) is 0 Å². The van der Waals surface area contributed by atoms with E-state index in [1.165, 1.54) is 17.4 Å². The van der Waals surface area contributed by atoms with Crippen molar-refractivity contribution >= 4 is 18.4 Å². The van der Waals surface area contributed by atoms with E-state index in [9.17, 15) is 9.18 Å². The number of aromatic nitrogens is 1. The molecule has 2 aromatic rings. The van der Waals surface area contributed by atoms with Gasteiger partial charge in [-0.1, -0.05) is 6.07 Å². The molecule has 2 atom stereocenters. The predicted octanol–water partition coefficient (Wildman–Crippen LogP) is 1.10. The van der Waals surface area contributed by atoms with Crippen LogP contribution in [0.25, 0.3) is 0 Å². The molecule has 4 N–H and O–H groups in total. The second-order valence-electron chi connectivity index (χ2n) is 8.55. The third kappa shape index (κ3) is 6.58. The summed E-state index contributed by atoms with van der Waals surface area (Å²) in [4.78, 5) is 19.0. The molecular formula is C24H31FN8O2. The summed E-state index contributed by atoms with van der Waals surface area (Å²) in [7, 11) is 2.13. The number of fused-ring (bicyclic) bond motifs is 1. The van der Waals surface area contributed by atoms with E-state index in [-0.39, 0.29) is 11.7 Å². The Hall–Kier alpha value is -3.43. The predicted molar refractivity (Wildman–Crippen MR) is 131 cm³/mol. The number of nitrogens with zero attached hydrogens (tertiary/aromatic N) is 6. The van der Waals surface area contributed by atoms with Gasteiger partial charge in [0.25, 0.3) is 0 Å². The minimum absolute atomic E-state index is 0.0719. The summed E-state index contributed by atoms with van der Waals surface area (Å²) >= 11 is 0. The number of hydrazine groups is 1. The minimum Gasteiger partial charge on any atom is -0.370 e. The van der Waals surface area contributed by atoms with Gasteiger partial charge in [-0.05, 0) is 48.9 Å². The van der Waals surface area contributed by atoms with Crippen LogP contribution in [0.15, 0.2) is 35.6 Å². The van der Waals surface area contributed by atoms with Gasteiger partial charge in [-0.25, -0.2) is 20.2 Å². The maximum atomic E-state index is 13.6. The molecule has 0 bridgehead atoms. The molecule has 35 heavy (non-hydrogen) atoms. The zero-order valence-corrected chi connectivity index (χ0v) is 20.0. The third-order valence-electron chi connectivity index (χ3n) is 6.20. The van der Waals surface area contributed by atoms with Crippen LogP contribution in [0.5, 0.6) is 0 Å². The maximum Gasteiger partial charge on any atom is 0.148 e. The Labute approximate surface area is 204 Å². The molecule has 2 aliphatic heterocycles. The van der Waals surface area contributed by atoms with E-state index in [0.717, 1.165) is 43.6 Å². The maximum absolute atomic E-state index is 13.6. The second kappa shape index (κ2) is 12.3. The van der Waals surface area contributed by atoms with Gasteiger partial charge in [-0.3, -0.25) is 4.90 Å². The van der Waals surface area contributed by atoms with Crippen LogP contribution >= 0.6 is 0 Å². The van der Waals surface area contributed by atoms with Crippen molar-refractivity contribution in [2.45, 2.75) is 25.5 Å². The zero-order chi connectivity index (χ0) is 25.4. The Morgan fingerprint density at radius 1 is 1.37 bits per heavy atom. The number of halogens is 1. The van der Waals surface area contributed by atoms with Crippen LogP contribution in [-0.4, -0.2) is 73.3 Å². The molecule has 2 aliphatic rings. The average Bonchev–Trinajstić information content (AvgIpc) is 2.85. The Morgan fingerprint density at radius 3 is 2.89 bits per heavy atom. The van der Waals surface area contributed by atoms with Crippen molar-refractivity contribution in [3.8, 4) is 6.07 Å². The van der Waals surface area contributed by atoms with E-state index in [1.807, 2.05) is 6.07 Å². The molecule has 1 aromatic carbocycles. The number of hydrogen-bond donors (Lipinski definition) is 2. The number of benzene rings is 1. The number of carbonyl (C=O) groups is 1. The number of anilines is 1. The van der Waals surface area contributed by atoms with Crippen LogP contribution in [0.1, 0.15) is 28.4 Å². The first-order valence-corrected chi connectivity index (χ1v) is 11.3. The molecule has 0 saturated carbocycles. The van der Waals surface area contributed by atoms with Gasteiger partial charge in [0.15, 0.2) is 0 Å². The summed E-state index contributed by atoms with van der Waals surface area (Å²) < 4.78 is 19.6. The number of pyridine rings is 1. The number of hydrogen-bond acceptors (Lipinski definition) is 9. The molecule has 3 heterocycles. The summed E-state index contributed by atoms with van der Waals surface area (Å²) in [5, 5.41) is 13.5. The van der Waals surface area contributed by atoms with Gasteiger partial charge in [-0.15, -0.1) is 0 Å². The average molecular weight is 483 g/mol. The highest BCUT2D eigenvalue weighted by Crippen LogP contribution is 2.30. The number of nitrogens with two attached hydrogens (primary N) is 2. The lowest BCUT2D eigenvalue weighted by Gasteiger charge is -2.45. The monoisotopic (exact) mass is 482 g/mol. The Bertz CT molecular complexity index is 1090. The van der Waals surface area contributed by atoms with Crippen LogP contribution in [0.4, 0.5) is 10.2 Å². The standard InChI is InChI=1S/C16H20FN3O.C8H11N5O/c1-11-13(3-4-15(17)14(11)7-18)16-9-20-6-5-19(2)8-12(20)10-21-16;9-12-6-13(10)8-5-7(2-4-14)1-3-11-8/h3-4,12,16H,5-6,8-10H2,1-2H3;1,3-6H,2,9-10H2/b;12-6-. The fourth-order valence-electron chi connectivity index (χ4n) is 4.26. The number of ether oxygens (including phenoxy) is 1. The van der Waals surface area contributed by atoms with Gasteiger partial charge in [0.05, 0.1) is 18.3 Å². The largest absolute Gasteiger partial charge is 0.370 e. The molecule has 2 fully saturated rings. The summed E-state index contributed by atoms with van der Waals surface area (Å²) in [6.07, 6.45) is 3.88. The van der Waals surface area contributed by atoms with E-state index < -0.39 is 5.82 Å². The first-order chi connectivity index (χ1) is 16.9. The van der Waals surface area contributed by atoms with Crippen LogP contribution in [0, 0.1) is 24.1 Å². The van der Waals surface area contributed by atoms with Gasteiger partial charge in [0.1, 0.15) is 30.3 Å². The first-order valence-electron chi connectivity index (χ1n) is 11.3. The van der Waals surface area contributed by atoms with Gasteiger partial charge in [0, 0.05) is 44.8 Å². The smallest absolute Gasteiger partial charge is 0.148 e. The summed E-state index contributed by atoms with van der Waals surface area (Å²) in [5.74, 6) is 10.5. The van der Waals surface area contributed by atoms with Crippen molar-refractivity contribution in [2.24, 2.45) is 16.8 Å². The van der Waals surface area contributed by atoms with E-state index >= 15 is 0 Å². The molecule has 10 nitrogen and oxygen atoms in total. The van der Waals surface area contributed by atoms with Crippen LogP contribution in [-0.2, 0) is 16.0 Å². The number of rotatable bonds is 5. The quantitative estimate of drug-likeness (QED) is 0.211. The number of hydrazone groups is 1. The highest BCUT2D eigenvalue weighted by atomic mass is 19.1. The normalized spacial score (nSPS) is 20.4. The van der Waals surface area contributed by atoms with Gasteiger partial charge < -0.3 is 20.3 Å². The highest BCUT2D eigenvalue weighted by Gasteiger charge is 2.33. The van der Waals surface area contributed by atoms with Crippen molar-refractivity contribution in [2.75, 3.05) is 44.8 Å². The number of likely N-dealkylation sites (N-methyl/N-ethyl adjacent to an activating group) is 1.